The van der Waals surface area contributed by atoms with Crippen LogP contribution in [0.4, 0.5) is 0 Å². The van der Waals surface area contributed by atoms with Crippen molar-refractivity contribution in [3.63, 3.8) is 0 Å². The minimum Gasteiger partial charge on any atom is -0.325 e. The van der Waals surface area contributed by atoms with E-state index in [1.165, 1.54) is 23.3 Å². The second-order valence-corrected chi connectivity index (χ2v) is 5.92. The molecule has 82 valence electrons. The van der Waals surface area contributed by atoms with E-state index >= 15 is 0 Å². The van der Waals surface area contributed by atoms with Crippen LogP contribution in [0.2, 0.25) is 0 Å². The fourth-order valence-corrected chi connectivity index (χ4v) is 2.81. The molecule has 0 aromatic heterocycles. The minimum atomic E-state index is -0.107. The first-order valence-corrected chi connectivity index (χ1v) is 6.65. The van der Waals surface area contributed by atoms with Crippen LogP contribution >= 0.6 is 11.8 Å². The molecule has 2 rings (SSSR count). The first-order valence-electron chi connectivity index (χ1n) is 5.43. The van der Waals surface area contributed by atoms with Crippen molar-refractivity contribution in [3.05, 3.63) is 29.8 Å². The van der Waals surface area contributed by atoms with Gasteiger partial charge < -0.3 is 5.73 Å². The number of hydrogen-bond donors (Lipinski definition) is 1. The molecule has 1 aromatic carbocycles. The Labute approximate surface area is 96.4 Å². The van der Waals surface area contributed by atoms with E-state index in [2.05, 4.69) is 44.4 Å². The van der Waals surface area contributed by atoms with Crippen molar-refractivity contribution >= 4 is 11.8 Å². The molecule has 1 aliphatic carbocycles. The molecule has 0 heterocycles. The summed E-state index contributed by atoms with van der Waals surface area (Å²) in [6.07, 6.45) is 4.58. The Morgan fingerprint density at radius 2 is 2.00 bits per heavy atom. The molecule has 0 bridgehead atoms. The highest BCUT2D eigenvalue weighted by Gasteiger charge is 2.53. The molecule has 0 amide bonds. The lowest BCUT2D eigenvalue weighted by Gasteiger charge is -2.31. The quantitative estimate of drug-likeness (QED) is 0.793. The molecule has 2 N–H and O–H groups in total. The normalized spacial score (nSPS) is 18.9. The SMILES string of the molecule is CSc1cccc(C2(C(C)(C)N)CC2)c1. The van der Waals surface area contributed by atoms with Gasteiger partial charge in [-0.3, -0.25) is 0 Å². The number of hydrogen-bond acceptors (Lipinski definition) is 2. The van der Waals surface area contributed by atoms with Crippen molar-refractivity contribution in [1.82, 2.24) is 0 Å². The molecule has 15 heavy (non-hydrogen) atoms. The van der Waals surface area contributed by atoms with Gasteiger partial charge in [-0.2, -0.15) is 0 Å². The van der Waals surface area contributed by atoms with Crippen LogP contribution in [0.1, 0.15) is 32.3 Å². The molecule has 0 saturated heterocycles. The first kappa shape index (κ1) is 11.0. The molecule has 1 saturated carbocycles. The number of thioether (sulfide) groups is 1. The summed E-state index contributed by atoms with van der Waals surface area (Å²) >= 11 is 1.80. The maximum atomic E-state index is 6.29. The summed E-state index contributed by atoms with van der Waals surface area (Å²) in [4.78, 5) is 1.34. The van der Waals surface area contributed by atoms with Crippen LogP contribution in [0.3, 0.4) is 0 Å². The minimum absolute atomic E-state index is 0.107. The molecule has 1 aliphatic rings. The fourth-order valence-electron chi connectivity index (χ4n) is 2.35. The van der Waals surface area contributed by atoms with Gasteiger partial charge in [0.2, 0.25) is 0 Å². The van der Waals surface area contributed by atoms with Crippen molar-refractivity contribution in [1.29, 1.82) is 0 Å². The Bertz CT molecular complexity index is 361. The Morgan fingerprint density at radius 1 is 1.33 bits per heavy atom. The third-order valence-corrected chi connectivity index (χ3v) is 4.33. The van der Waals surface area contributed by atoms with Gasteiger partial charge in [-0.1, -0.05) is 12.1 Å². The standard InChI is InChI=1S/C13H19NS/c1-12(2,14)13(7-8-13)10-5-4-6-11(9-10)15-3/h4-6,9H,7-8,14H2,1-3H3. The first-order chi connectivity index (χ1) is 6.99. The van der Waals surface area contributed by atoms with Gasteiger partial charge in [-0.05, 0) is 50.6 Å². The van der Waals surface area contributed by atoms with Crippen LogP contribution < -0.4 is 5.73 Å². The molecule has 2 heteroatoms. The van der Waals surface area contributed by atoms with Crippen molar-refractivity contribution in [2.24, 2.45) is 5.73 Å². The van der Waals surface area contributed by atoms with Crippen molar-refractivity contribution < 1.29 is 0 Å². The third-order valence-electron chi connectivity index (χ3n) is 3.61. The topological polar surface area (TPSA) is 26.0 Å². The van der Waals surface area contributed by atoms with E-state index in [0.29, 0.717) is 0 Å². The highest BCUT2D eigenvalue weighted by molar-refractivity contribution is 7.98. The number of rotatable bonds is 3. The highest BCUT2D eigenvalue weighted by atomic mass is 32.2. The summed E-state index contributed by atoms with van der Waals surface area (Å²) in [6.45, 7) is 4.29. The third kappa shape index (κ3) is 1.81. The van der Waals surface area contributed by atoms with Gasteiger partial charge in [-0.15, -0.1) is 11.8 Å². The molecule has 1 fully saturated rings. The predicted molar refractivity (Wildman–Crippen MR) is 67.4 cm³/mol. The van der Waals surface area contributed by atoms with Crippen molar-refractivity contribution in [2.75, 3.05) is 6.26 Å². The van der Waals surface area contributed by atoms with E-state index in [0.717, 1.165) is 0 Å². The Hall–Kier alpha value is -0.470. The average Bonchev–Trinajstić information content (AvgIpc) is 2.97. The van der Waals surface area contributed by atoms with Crippen LogP contribution in [-0.4, -0.2) is 11.8 Å². The fraction of sp³-hybridized carbons (Fsp3) is 0.538. The van der Waals surface area contributed by atoms with Gasteiger partial charge in [0.25, 0.3) is 0 Å². The van der Waals surface area contributed by atoms with Gasteiger partial charge in [0, 0.05) is 15.8 Å². The number of benzene rings is 1. The van der Waals surface area contributed by atoms with Crippen LogP contribution in [0, 0.1) is 0 Å². The Balaban J connectivity index is 2.38. The van der Waals surface area contributed by atoms with Crippen LogP contribution in [0.5, 0.6) is 0 Å². The van der Waals surface area contributed by atoms with Crippen molar-refractivity contribution in [3.8, 4) is 0 Å². The molecule has 0 radical (unpaired) electrons. The smallest absolute Gasteiger partial charge is 0.0195 e. The van der Waals surface area contributed by atoms with Crippen LogP contribution in [-0.2, 0) is 5.41 Å². The molecule has 0 atom stereocenters. The average molecular weight is 221 g/mol. The van der Waals surface area contributed by atoms with Crippen molar-refractivity contribution in [2.45, 2.75) is 42.5 Å². The molecule has 1 aromatic rings. The lowest BCUT2D eigenvalue weighted by Crippen LogP contribution is -2.45. The van der Waals surface area contributed by atoms with E-state index in [-0.39, 0.29) is 11.0 Å². The Morgan fingerprint density at radius 3 is 2.47 bits per heavy atom. The summed E-state index contributed by atoms with van der Waals surface area (Å²) < 4.78 is 0. The largest absolute Gasteiger partial charge is 0.325 e. The highest BCUT2D eigenvalue weighted by Crippen LogP contribution is 2.54. The van der Waals surface area contributed by atoms with Crippen LogP contribution in [0.25, 0.3) is 0 Å². The van der Waals surface area contributed by atoms with Gasteiger partial charge in [0.1, 0.15) is 0 Å². The maximum Gasteiger partial charge on any atom is 0.0195 e. The summed E-state index contributed by atoms with van der Waals surface area (Å²) in [6, 6.07) is 8.83. The van der Waals surface area contributed by atoms with Crippen LogP contribution in [0.15, 0.2) is 29.2 Å². The van der Waals surface area contributed by atoms with E-state index < -0.39 is 0 Å². The predicted octanol–water partition coefficient (Wildman–Crippen LogP) is 3.18. The summed E-state index contributed by atoms with van der Waals surface area (Å²) in [5, 5.41) is 0. The number of nitrogens with two attached hydrogens (primary N) is 1. The second kappa shape index (κ2) is 3.53. The zero-order chi connectivity index (χ0) is 11.1. The summed E-state index contributed by atoms with van der Waals surface area (Å²) in [5.41, 5.74) is 7.84. The van der Waals surface area contributed by atoms with Gasteiger partial charge in [0.05, 0.1) is 0 Å². The molecule has 0 aliphatic heterocycles. The lowest BCUT2D eigenvalue weighted by molar-refractivity contribution is 0.391. The zero-order valence-electron chi connectivity index (χ0n) is 9.71. The van der Waals surface area contributed by atoms with E-state index in [1.54, 1.807) is 11.8 Å². The molecular weight excluding hydrogens is 202 g/mol. The molecular formula is C13H19NS. The van der Waals surface area contributed by atoms with Gasteiger partial charge in [0.15, 0.2) is 0 Å². The van der Waals surface area contributed by atoms with E-state index in [9.17, 15) is 0 Å². The summed E-state index contributed by atoms with van der Waals surface area (Å²) in [5.74, 6) is 0. The molecule has 1 nitrogen and oxygen atoms in total. The molecule has 0 unspecified atom stereocenters. The maximum absolute atomic E-state index is 6.29. The second-order valence-electron chi connectivity index (χ2n) is 5.04. The van der Waals surface area contributed by atoms with E-state index in [1.807, 2.05) is 0 Å². The molecule has 0 spiro atoms. The van der Waals surface area contributed by atoms with Gasteiger partial charge >= 0.3 is 0 Å². The van der Waals surface area contributed by atoms with E-state index in [4.69, 9.17) is 5.73 Å². The van der Waals surface area contributed by atoms with Gasteiger partial charge in [-0.25, -0.2) is 0 Å². The monoisotopic (exact) mass is 221 g/mol. The summed E-state index contributed by atoms with van der Waals surface area (Å²) in [7, 11) is 0. The Kier molecular flexibility index (Phi) is 2.60. The lowest BCUT2D eigenvalue weighted by atomic mass is 9.79. The zero-order valence-corrected chi connectivity index (χ0v) is 10.5.